The lowest BCUT2D eigenvalue weighted by Gasteiger charge is -2.50. The van der Waals surface area contributed by atoms with Gasteiger partial charge in [-0.3, -0.25) is 28.9 Å². The Hall–Kier alpha value is -4.43. The van der Waals surface area contributed by atoms with Crippen molar-refractivity contribution < 1.29 is 54.6 Å². The van der Waals surface area contributed by atoms with Gasteiger partial charge < -0.3 is 41.3 Å². The minimum atomic E-state index is -2.63. The molecule has 8 N–H and O–H groups in total. The number of aromatic hydroxyl groups is 1. The second kappa shape index (κ2) is 11.2. The Morgan fingerprint density at radius 3 is 2.02 bits per heavy atom. The van der Waals surface area contributed by atoms with E-state index in [9.17, 15) is 44.4 Å². The van der Waals surface area contributed by atoms with Crippen molar-refractivity contribution in [1.29, 1.82) is 0 Å². The van der Waals surface area contributed by atoms with Crippen molar-refractivity contribution in [2.45, 2.75) is 37.3 Å². The Morgan fingerprint density at radius 1 is 1.00 bits per heavy atom. The van der Waals surface area contributed by atoms with Crippen LogP contribution in [-0.4, -0.2) is 105 Å². The summed E-state index contributed by atoms with van der Waals surface area (Å²) in [4.78, 5) is 61.3. The van der Waals surface area contributed by atoms with Gasteiger partial charge in [-0.1, -0.05) is 0 Å². The smallest absolute Gasteiger partial charge is 0.303 e. The van der Waals surface area contributed by atoms with E-state index in [1.54, 1.807) is 20.2 Å². The van der Waals surface area contributed by atoms with Crippen molar-refractivity contribution in [1.82, 2.24) is 4.90 Å². The molecule has 0 aliphatic heterocycles. The van der Waals surface area contributed by atoms with Gasteiger partial charge in [0.1, 0.15) is 22.8 Å². The molecule has 0 spiro atoms. The molecule has 0 radical (unpaired) electrons. The van der Waals surface area contributed by atoms with Crippen LogP contribution in [0.3, 0.4) is 0 Å². The molecular formula is C27H33N3O11. The van der Waals surface area contributed by atoms with Crippen LogP contribution in [0, 0.1) is 11.8 Å². The number of hydrogen-bond donors (Lipinski definition) is 7. The number of Topliss-reactive ketones (excluding diaryl/α,β-unsaturated/α-hetero) is 2. The molecule has 0 aromatic heterocycles. The zero-order chi connectivity index (χ0) is 31.1. The van der Waals surface area contributed by atoms with Crippen molar-refractivity contribution in [3.8, 4) is 5.75 Å². The van der Waals surface area contributed by atoms with Crippen LogP contribution in [0.1, 0.15) is 30.4 Å². The second-order valence-electron chi connectivity index (χ2n) is 10.6. The van der Waals surface area contributed by atoms with Crippen molar-refractivity contribution in [3.63, 3.8) is 0 Å². The van der Waals surface area contributed by atoms with E-state index < -0.39 is 70.0 Å². The molecule has 1 saturated carbocycles. The molecule has 1 fully saturated rings. The number of phenolic OH excluding ortho intramolecular Hbond substituents is 1. The van der Waals surface area contributed by atoms with Crippen LogP contribution in [0.4, 0.5) is 5.69 Å². The number of amides is 1. The number of rotatable bonds is 6. The lowest BCUT2D eigenvalue weighted by Crippen LogP contribution is -2.65. The van der Waals surface area contributed by atoms with Crippen molar-refractivity contribution in [2.75, 3.05) is 33.1 Å². The number of phenols is 1. The van der Waals surface area contributed by atoms with Gasteiger partial charge in [0.2, 0.25) is 5.78 Å². The Bertz CT molecular complexity index is 1380. The molecule has 41 heavy (non-hydrogen) atoms. The van der Waals surface area contributed by atoms with Gasteiger partial charge in [0.05, 0.1) is 24.4 Å². The Morgan fingerprint density at radius 2 is 1.56 bits per heavy atom. The molecular weight excluding hydrogens is 542 g/mol. The number of aliphatic carboxylic acids is 2. The van der Waals surface area contributed by atoms with Crippen LogP contribution in [0.2, 0.25) is 0 Å². The Balaban J connectivity index is 0.000000507. The van der Waals surface area contributed by atoms with Gasteiger partial charge in [-0.05, 0) is 50.6 Å². The number of carbonyl (C=O) groups excluding carboxylic acids is 3. The van der Waals surface area contributed by atoms with Gasteiger partial charge in [0, 0.05) is 31.3 Å². The van der Waals surface area contributed by atoms with E-state index in [1.165, 1.54) is 11.0 Å². The summed E-state index contributed by atoms with van der Waals surface area (Å²) in [6.07, 6.45) is -0.268. The summed E-state index contributed by atoms with van der Waals surface area (Å²) in [5.74, 6) is -8.69. The fraction of sp³-hybridized carbons (Fsp3) is 0.444. The van der Waals surface area contributed by atoms with E-state index in [1.807, 2.05) is 19.0 Å². The highest BCUT2D eigenvalue weighted by molar-refractivity contribution is 6.24. The number of likely N-dealkylation sites (N-methyl/N-ethyl adjacent to an activating group) is 1. The predicted molar refractivity (Wildman–Crippen MR) is 143 cm³/mol. The first kappa shape index (κ1) is 31.1. The van der Waals surface area contributed by atoms with Gasteiger partial charge in [0.15, 0.2) is 11.4 Å². The molecule has 0 unspecified atom stereocenters. The SMILES string of the molecule is CN(C)c1ccc(O)c2c1C[C@H]1C[C@H]3[C@H](N(C)C)C(=O)C(C(N)=O)=C(O)[C@@]3(O)C(=O)C1=C2O.O=C(O)CCC(=O)O. The van der Waals surface area contributed by atoms with Crippen LogP contribution in [0.15, 0.2) is 29.0 Å². The largest absolute Gasteiger partial charge is 0.508 e. The number of hydrogen-bond acceptors (Lipinski definition) is 11. The molecule has 222 valence electrons. The van der Waals surface area contributed by atoms with E-state index in [0.29, 0.717) is 5.56 Å². The van der Waals surface area contributed by atoms with Crippen LogP contribution in [0.5, 0.6) is 5.75 Å². The highest BCUT2D eigenvalue weighted by Crippen LogP contribution is 2.53. The molecule has 0 bridgehead atoms. The minimum Gasteiger partial charge on any atom is -0.508 e. The molecule has 1 aromatic rings. The minimum absolute atomic E-state index is 0.0638. The summed E-state index contributed by atoms with van der Waals surface area (Å²) in [5.41, 5.74) is 3.15. The molecule has 1 amide bonds. The summed E-state index contributed by atoms with van der Waals surface area (Å²) in [7, 11) is 6.75. The average molecular weight is 576 g/mol. The fourth-order valence-electron chi connectivity index (χ4n) is 5.86. The maximum absolute atomic E-state index is 13.7. The standard InChI is InChI=1S/C23H27N3O7.C4H6O4/c1-25(2)12-5-6-13(27)15-10(12)7-9-8-11-17(26(3)4)19(29)16(22(24)32)21(31)23(11,33)20(30)14(9)18(15)28;5-3(6)1-2-4(7)8/h5-6,9,11,17,27-28,31,33H,7-8H2,1-4H3,(H2,24,32);1-2H2,(H,5,6)(H,7,8)/t9-,11-,17-,23-;/m0./s1. The van der Waals surface area contributed by atoms with Gasteiger partial charge in [-0.25, -0.2) is 0 Å². The molecule has 4 rings (SSSR count). The van der Waals surface area contributed by atoms with Crippen molar-refractivity contribution in [3.05, 3.63) is 40.2 Å². The van der Waals surface area contributed by atoms with Crippen molar-refractivity contribution >= 4 is 40.9 Å². The van der Waals surface area contributed by atoms with Gasteiger partial charge >= 0.3 is 11.9 Å². The van der Waals surface area contributed by atoms with Crippen LogP contribution in [0.25, 0.3) is 5.76 Å². The third-order valence-corrected chi connectivity index (χ3v) is 7.61. The number of fused-ring (bicyclic) bond motifs is 3. The summed E-state index contributed by atoms with van der Waals surface area (Å²) in [5, 5.41) is 59.7. The van der Waals surface area contributed by atoms with Gasteiger partial charge in [-0.2, -0.15) is 0 Å². The van der Waals surface area contributed by atoms with Crippen LogP contribution < -0.4 is 10.6 Å². The number of ketones is 2. The molecule has 0 saturated heterocycles. The summed E-state index contributed by atoms with van der Waals surface area (Å²) in [6.45, 7) is 0. The number of aliphatic hydroxyl groups excluding tert-OH is 2. The Labute approximate surface area is 234 Å². The van der Waals surface area contributed by atoms with Crippen LogP contribution in [-0.2, 0) is 30.4 Å². The van der Waals surface area contributed by atoms with E-state index in [0.717, 1.165) is 5.69 Å². The highest BCUT2D eigenvalue weighted by atomic mass is 16.4. The third kappa shape index (κ3) is 5.23. The average Bonchev–Trinajstić information content (AvgIpc) is 2.84. The fourth-order valence-corrected chi connectivity index (χ4v) is 5.86. The highest BCUT2D eigenvalue weighted by Gasteiger charge is 2.64. The molecule has 3 aliphatic carbocycles. The zero-order valence-electron chi connectivity index (χ0n) is 22.9. The number of carbonyl (C=O) groups is 5. The molecule has 14 nitrogen and oxygen atoms in total. The van der Waals surface area contributed by atoms with Gasteiger partial charge in [-0.15, -0.1) is 0 Å². The van der Waals surface area contributed by atoms with Crippen molar-refractivity contribution in [2.24, 2.45) is 17.6 Å². The van der Waals surface area contributed by atoms with E-state index in [-0.39, 0.29) is 42.6 Å². The quantitative estimate of drug-likeness (QED) is 0.221. The van der Waals surface area contributed by atoms with E-state index in [2.05, 4.69) is 0 Å². The monoisotopic (exact) mass is 575 g/mol. The number of nitrogens with two attached hydrogens (primary N) is 1. The maximum atomic E-state index is 13.7. The molecule has 0 heterocycles. The number of carboxylic acid groups (broad SMARTS) is 2. The molecule has 4 atom stereocenters. The first-order valence-corrected chi connectivity index (χ1v) is 12.6. The van der Waals surface area contributed by atoms with E-state index >= 15 is 0 Å². The number of primary amides is 1. The number of carboxylic acids is 2. The topological polar surface area (TPSA) is 239 Å². The Kier molecular flexibility index (Phi) is 8.51. The summed E-state index contributed by atoms with van der Waals surface area (Å²) in [6, 6.07) is 2.01. The predicted octanol–water partition coefficient (Wildman–Crippen LogP) is -0.0342. The zero-order valence-corrected chi connectivity index (χ0v) is 22.9. The lowest BCUT2D eigenvalue weighted by molar-refractivity contribution is -0.153. The normalized spacial score (nSPS) is 25.1. The van der Waals surface area contributed by atoms with Crippen LogP contribution >= 0.6 is 0 Å². The van der Waals surface area contributed by atoms with Gasteiger partial charge in [0.25, 0.3) is 5.91 Å². The second-order valence-corrected chi connectivity index (χ2v) is 10.6. The molecule has 14 heteroatoms. The summed E-state index contributed by atoms with van der Waals surface area (Å²) >= 11 is 0. The van der Waals surface area contributed by atoms with E-state index in [4.69, 9.17) is 15.9 Å². The number of nitrogens with zero attached hydrogens (tertiary/aromatic N) is 2. The maximum Gasteiger partial charge on any atom is 0.303 e. The first-order valence-electron chi connectivity index (χ1n) is 12.6. The number of aliphatic hydroxyl groups is 3. The molecule has 1 aromatic carbocycles. The summed E-state index contributed by atoms with van der Waals surface area (Å²) < 4.78 is 0. The number of benzene rings is 1. The molecule has 3 aliphatic rings. The first-order chi connectivity index (χ1) is 19.0. The third-order valence-electron chi connectivity index (χ3n) is 7.61. The number of anilines is 1. The lowest BCUT2D eigenvalue weighted by atomic mass is 9.57.